The third kappa shape index (κ3) is 3.64. The summed E-state index contributed by atoms with van der Waals surface area (Å²) in [5.74, 6) is -0.290. The fraction of sp³-hybridized carbons (Fsp3) is 0.238. The largest absolute Gasteiger partial charge is 0.433 e. The van der Waals surface area contributed by atoms with Gasteiger partial charge in [-0.3, -0.25) is 9.78 Å². The summed E-state index contributed by atoms with van der Waals surface area (Å²) in [4.78, 5) is 17.1. The van der Waals surface area contributed by atoms with Crippen LogP contribution in [0.25, 0.3) is 10.8 Å². The number of hydrogen-bond donors (Lipinski definition) is 3. The van der Waals surface area contributed by atoms with E-state index in [1.54, 1.807) is 6.20 Å². The Labute approximate surface area is 158 Å². The van der Waals surface area contributed by atoms with Crippen LogP contribution >= 0.6 is 0 Å². The fourth-order valence-corrected chi connectivity index (χ4v) is 3.79. The zero-order chi connectivity index (χ0) is 18.8. The number of hydrogen-bond acceptors (Lipinski definition) is 5. The molecule has 1 atom stereocenters. The highest BCUT2D eigenvalue weighted by molar-refractivity contribution is 6.64. The van der Waals surface area contributed by atoms with Gasteiger partial charge in [0, 0.05) is 30.7 Å². The molecule has 3 aromatic rings. The quantitative estimate of drug-likeness (QED) is 0.590. The van der Waals surface area contributed by atoms with E-state index in [0.717, 1.165) is 45.9 Å². The summed E-state index contributed by atoms with van der Waals surface area (Å²) in [5.41, 5.74) is 9.76. The van der Waals surface area contributed by atoms with E-state index in [4.69, 9.17) is 5.73 Å². The Bertz CT molecular complexity index is 992. The molecule has 1 aliphatic heterocycles. The van der Waals surface area contributed by atoms with E-state index in [1.165, 1.54) is 0 Å². The highest BCUT2D eigenvalue weighted by atomic mass is 16.2. The lowest BCUT2D eigenvalue weighted by Gasteiger charge is -2.22. The van der Waals surface area contributed by atoms with Gasteiger partial charge in [0.2, 0.25) is 0 Å². The average Bonchev–Trinajstić information content (AvgIpc) is 2.69. The summed E-state index contributed by atoms with van der Waals surface area (Å²) in [6.07, 6.45) is 4.77. The third-order valence-corrected chi connectivity index (χ3v) is 5.31. The molecule has 0 fully saturated rings. The maximum Gasteiger partial charge on any atom is 0.413 e. The first-order chi connectivity index (χ1) is 13.2. The minimum absolute atomic E-state index is 0.0871. The van der Waals surface area contributed by atoms with Crippen molar-refractivity contribution in [2.45, 2.75) is 18.8 Å². The van der Waals surface area contributed by atoms with Crippen LogP contribution in [0.2, 0.25) is 0 Å². The molecular weight excluding hydrogens is 337 g/mol. The molecule has 2 heterocycles. The van der Waals surface area contributed by atoms with Crippen LogP contribution in [0.15, 0.2) is 54.9 Å². The minimum Gasteiger partial charge on any atom is -0.433 e. The maximum absolute atomic E-state index is 13.0. The summed E-state index contributed by atoms with van der Waals surface area (Å²) >= 11 is 0. The SMILES string of the molecule is NC[C@@H](C(=O)Cc1ccc2cnccc2c1)c1ccc2c(c1)B(O)NCC2. The van der Waals surface area contributed by atoms with Gasteiger partial charge in [0.15, 0.2) is 0 Å². The molecule has 4 rings (SSSR count). The summed E-state index contributed by atoms with van der Waals surface area (Å²) in [7, 11) is -0.684. The predicted octanol–water partition coefficient (Wildman–Crippen LogP) is 0.922. The standard InChI is InChI=1S/C21H22BN3O2/c23-12-19(17-4-3-15-6-8-25-22(27)20(15)11-17)21(26)10-14-1-2-18-13-24-7-5-16(18)9-14/h1-5,7,9,11,13,19,25,27H,6,8,10,12,23H2/t19-/m1/s1. The van der Waals surface area contributed by atoms with E-state index in [2.05, 4.69) is 10.2 Å². The van der Waals surface area contributed by atoms with Crippen LogP contribution in [0.5, 0.6) is 0 Å². The Morgan fingerprint density at radius 3 is 2.96 bits per heavy atom. The number of rotatable bonds is 5. The maximum atomic E-state index is 13.0. The lowest BCUT2D eigenvalue weighted by atomic mass is 9.67. The minimum atomic E-state index is -0.684. The number of nitrogens with zero attached hydrogens (tertiary/aromatic N) is 1. The van der Waals surface area contributed by atoms with Crippen molar-refractivity contribution in [2.24, 2.45) is 5.73 Å². The molecule has 0 bridgehead atoms. The van der Waals surface area contributed by atoms with Crippen molar-refractivity contribution < 1.29 is 9.82 Å². The highest BCUT2D eigenvalue weighted by Gasteiger charge is 2.26. The van der Waals surface area contributed by atoms with E-state index in [1.807, 2.05) is 48.7 Å². The van der Waals surface area contributed by atoms with Gasteiger partial charge < -0.3 is 16.0 Å². The molecular formula is C21H22BN3O2. The zero-order valence-electron chi connectivity index (χ0n) is 15.1. The van der Waals surface area contributed by atoms with Crippen molar-refractivity contribution in [3.05, 3.63) is 71.5 Å². The molecule has 0 spiro atoms. The first-order valence-corrected chi connectivity index (χ1v) is 9.25. The van der Waals surface area contributed by atoms with E-state index < -0.39 is 7.05 Å². The van der Waals surface area contributed by atoms with Crippen molar-refractivity contribution >= 4 is 29.1 Å². The van der Waals surface area contributed by atoms with Crippen LogP contribution in [0.1, 0.15) is 22.6 Å². The lowest BCUT2D eigenvalue weighted by molar-refractivity contribution is -0.119. The predicted molar refractivity (Wildman–Crippen MR) is 108 cm³/mol. The van der Waals surface area contributed by atoms with Crippen molar-refractivity contribution in [2.75, 3.05) is 13.1 Å². The molecule has 136 valence electrons. The molecule has 0 saturated carbocycles. The van der Waals surface area contributed by atoms with Crippen LogP contribution in [0.3, 0.4) is 0 Å². The summed E-state index contributed by atoms with van der Waals surface area (Å²) in [5, 5.41) is 15.4. The molecule has 2 aromatic carbocycles. The summed E-state index contributed by atoms with van der Waals surface area (Å²) in [6.45, 7) is 1.00. The van der Waals surface area contributed by atoms with E-state index in [-0.39, 0.29) is 18.2 Å². The second-order valence-corrected chi connectivity index (χ2v) is 7.05. The first-order valence-electron chi connectivity index (χ1n) is 9.25. The van der Waals surface area contributed by atoms with Gasteiger partial charge in [-0.2, -0.15) is 0 Å². The number of fused-ring (bicyclic) bond motifs is 2. The number of nitrogens with one attached hydrogen (secondary N) is 1. The zero-order valence-corrected chi connectivity index (χ0v) is 15.1. The molecule has 0 saturated heterocycles. The second-order valence-electron chi connectivity index (χ2n) is 7.05. The lowest BCUT2D eigenvalue weighted by Crippen LogP contribution is -2.51. The Balaban J connectivity index is 1.58. The number of nitrogens with two attached hydrogens (primary N) is 1. The number of pyridine rings is 1. The van der Waals surface area contributed by atoms with Crippen LogP contribution < -0.4 is 16.4 Å². The molecule has 0 unspecified atom stereocenters. The monoisotopic (exact) mass is 359 g/mol. The van der Waals surface area contributed by atoms with Crippen LogP contribution in [-0.4, -0.2) is 35.9 Å². The van der Waals surface area contributed by atoms with Crippen molar-refractivity contribution in [1.29, 1.82) is 0 Å². The van der Waals surface area contributed by atoms with Crippen LogP contribution in [-0.2, 0) is 17.6 Å². The third-order valence-electron chi connectivity index (χ3n) is 5.31. The van der Waals surface area contributed by atoms with Gasteiger partial charge in [-0.25, -0.2) is 0 Å². The van der Waals surface area contributed by atoms with Gasteiger partial charge in [-0.1, -0.05) is 36.4 Å². The van der Waals surface area contributed by atoms with Crippen LogP contribution in [0, 0.1) is 0 Å². The van der Waals surface area contributed by atoms with Gasteiger partial charge >= 0.3 is 7.05 Å². The summed E-state index contributed by atoms with van der Waals surface area (Å²) in [6, 6.07) is 13.8. The number of ketones is 1. The van der Waals surface area contributed by atoms with Gasteiger partial charge in [0.25, 0.3) is 0 Å². The molecule has 1 aromatic heterocycles. The van der Waals surface area contributed by atoms with Gasteiger partial charge in [0.05, 0.1) is 5.92 Å². The average molecular weight is 359 g/mol. The Kier molecular flexibility index (Phi) is 5.03. The van der Waals surface area contributed by atoms with E-state index in [9.17, 15) is 9.82 Å². The normalized spacial score (nSPS) is 14.8. The molecule has 0 amide bonds. The van der Waals surface area contributed by atoms with Gasteiger partial charge in [-0.05, 0) is 46.6 Å². The molecule has 0 radical (unpaired) electrons. The van der Waals surface area contributed by atoms with Crippen molar-refractivity contribution in [3.8, 4) is 0 Å². The molecule has 5 nitrogen and oxygen atoms in total. The molecule has 6 heteroatoms. The van der Waals surface area contributed by atoms with Crippen LogP contribution in [0.4, 0.5) is 0 Å². The number of aromatic nitrogens is 1. The van der Waals surface area contributed by atoms with Crippen molar-refractivity contribution in [1.82, 2.24) is 10.2 Å². The fourth-order valence-electron chi connectivity index (χ4n) is 3.79. The Morgan fingerprint density at radius 1 is 1.22 bits per heavy atom. The topological polar surface area (TPSA) is 88.2 Å². The second kappa shape index (κ2) is 7.60. The highest BCUT2D eigenvalue weighted by Crippen LogP contribution is 2.21. The van der Waals surface area contributed by atoms with Crippen molar-refractivity contribution in [3.63, 3.8) is 0 Å². The number of Topliss-reactive ketones (excluding diaryl/α,β-unsaturated/α-hetero) is 1. The Morgan fingerprint density at radius 2 is 2.11 bits per heavy atom. The van der Waals surface area contributed by atoms with E-state index in [0.29, 0.717) is 6.42 Å². The number of benzene rings is 2. The molecule has 4 N–H and O–H groups in total. The van der Waals surface area contributed by atoms with Gasteiger partial charge in [0.1, 0.15) is 5.78 Å². The smallest absolute Gasteiger partial charge is 0.413 e. The first kappa shape index (κ1) is 17.9. The Hall–Kier alpha value is -2.54. The molecule has 0 aliphatic carbocycles. The molecule has 27 heavy (non-hydrogen) atoms. The summed E-state index contributed by atoms with van der Waals surface area (Å²) < 4.78 is 0. The van der Waals surface area contributed by atoms with Gasteiger partial charge in [-0.15, -0.1) is 0 Å². The molecule has 1 aliphatic rings. The number of carbonyl (C=O) groups is 1. The number of carbonyl (C=O) groups excluding carboxylic acids is 1. The van der Waals surface area contributed by atoms with E-state index >= 15 is 0 Å².